The molecule has 2 bridgehead atoms. The number of hydrogen-bond donors (Lipinski definition) is 2. The Labute approximate surface area is 255 Å². The zero-order valence-corrected chi connectivity index (χ0v) is 26.2. The summed E-state index contributed by atoms with van der Waals surface area (Å²) in [6.07, 6.45) is 11.1. The summed E-state index contributed by atoms with van der Waals surface area (Å²) < 4.78 is 13.4. The molecule has 236 valence electrons. The summed E-state index contributed by atoms with van der Waals surface area (Å²) in [5.41, 5.74) is 1.95. The van der Waals surface area contributed by atoms with Crippen molar-refractivity contribution in [1.29, 1.82) is 0 Å². The highest BCUT2D eigenvalue weighted by molar-refractivity contribution is 5.68. The van der Waals surface area contributed by atoms with Crippen LogP contribution >= 0.6 is 0 Å². The third-order valence-electron chi connectivity index (χ3n) is 9.46. The summed E-state index contributed by atoms with van der Waals surface area (Å²) in [5.74, 6) is 2.33. The molecule has 1 aliphatic carbocycles. The first-order valence-corrected chi connectivity index (χ1v) is 16.2. The summed E-state index contributed by atoms with van der Waals surface area (Å²) in [5, 5.41) is 12.0. The lowest BCUT2D eigenvalue weighted by Crippen LogP contribution is -2.51. The quantitative estimate of drug-likeness (QED) is 0.397. The smallest absolute Gasteiger partial charge is 0.410 e. The first-order valence-electron chi connectivity index (χ1n) is 16.2. The fourth-order valence-electron chi connectivity index (χ4n) is 7.03. The number of carbonyl (C=O) groups excluding carboxylic acids is 1. The second kappa shape index (κ2) is 13.4. The van der Waals surface area contributed by atoms with Crippen molar-refractivity contribution in [3.05, 3.63) is 23.9 Å². The van der Waals surface area contributed by atoms with E-state index in [1.165, 1.54) is 0 Å². The van der Waals surface area contributed by atoms with Gasteiger partial charge < -0.3 is 29.9 Å². The molecular formula is C31H49N9O3. The fourth-order valence-corrected chi connectivity index (χ4v) is 7.03. The van der Waals surface area contributed by atoms with Crippen molar-refractivity contribution in [2.24, 2.45) is 11.8 Å². The second-order valence-corrected chi connectivity index (χ2v) is 13.4. The summed E-state index contributed by atoms with van der Waals surface area (Å²) >= 11 is 0. The molecule has 4 fully saturated rings. The Balaban J connectivity index is 1.08. The second-order valence-electron chi connectivity index (χ2n) is 13.4. The molecule has 3 aliphatic heterocycles. The highest BCUT2D eigenvalue weighted by atomic mass is 16.6. The van der Waals surface area contributed by atoms with Gasteiger partial charge in [0.25, 0.3) is 0 Å². The number of likely N-dealkylation sites (tertiary alicyclic amines) is 2. The van der Waals surface area contributed by atoms with Crippen LogP contribution < -0.4 is 10.6 Å². The fraction of sp³-hybridized carbons (Fsp3) is 0.742. The van der Waals surface area contributed by atoms with Crippen molar-refractivity contribution < 1.29 is 14.3 Å². The molecule has 0 radical (unpaired) electrons. The molecule has 5 heterocycles. The summed E-state index contributed by atoms with van der Waals surface area (Å²) in [4.78, 5) is 29.5. The summed E-state index contributed by atoms with van der Waals surface area (Å²) in [7, 11) is 4.14. The lowest BCUT2D eigenvalue weighted by molar-refractivity contribution is 0.0498. The highest BCUT2D eigenvalue weighted by Gasteiger charge is 2.45. The van der Waals surface area contributed by atoms with E-state index in [-0.39, 0.29) is 18.2 Å². The molecule has 0 aromatic carbocycles. The van der Waals surface area contributed by atoms with Gasteiger partial charge in [-0.15, -0.1) is 0 Å². The van der Waals surface area contributed by atoms with Crippen molar-refractivity contribution in [1.82, 2.24) is 34.3 Å². The zero-order chi connectivity index (χ0) is 29.9. The van der Waals surface area contributed by atoms with Gasteiger partial charge in [0, 0.05) is 70.1 Å². The standard InChI is InChI=1S/C31H49N9O3/c1-21(2)26-17-32-40-28(26)35-29(33-24-10-15-42-16-11-24)36-30(40)34-27-22-7-8-23(27)19-39(18-22)31(41)43-25-9-14-38(20-25)13-6-5-12-37(3)4/h5-6,17,21-25,27H,7-16,18-20H2,1-4H3,(H2,33,34,35,36)/b6-5+. The van der Waals surface area contributed by atoms with Crippen LogP contribution in [-0.4, -0.2) is 125 Å². The van der Waals surface area contributed by atoms with Gasteiger partial charge in [-0.05, 0) is 64.0 Å². The molecule has 3 unspecified atom stereocenters. The van der Waals surface area contributed by atoms with Crippen molar-refractivity contribution in [3.63, 3.8) is 0 Å². The minimum atomic E-state index is -0.161. The Kier molecular flexibility index (Phi) is 9.34. The predicted octanol–water partition coefficient (Wildman–Crippen LogP) is 3.29. The van der Waals surface area contributed by atoms with E-state index >= 15 is 0 Å². The predicted molar refractivity (Wildman–Crippen MR) is 167 cm³/mol. The Morgan fingerprint density at radius 1 is 1.07 bits per heavy atom. The van der Waals surface area contributed by atoms with Gasteiger partial charge in [-0.3, -0.25) is 4.90 Å². The number of hydrogen-bond acceptors (Lipinski definition) is 10. The van der Waals surface area contributed by atoms with E-state index in [0.717, 1.165) is 88.7 Å². The lowest BCUT2D eigenvalue weighted by Gasteiger charge is -2.38. The number of ether oxygens (including phenoxy) is 2. The molecule has 43 heavy (non-hydrogen) atoms. The lowest BCUT2D eigenvalue weighted by atomic mass is 9.92. The molecule has 1 saturated carbocycles. The first-order chi connectivity index (χ1) is 20.8. The average molecular weight is 596 g/mol. The van der Waals surface area contributed by atoms with Crippen LogP contribution in [0.4, 0.5) is 16.7 Å². The molecule has 4 aliphatic rings. The molecule has 0 spiro atoms. The molecule has 6 rings (SSSR count). The van der Waals surface area contributed by atoms with Gasteiger partial charge in [-0.25, -0.2) is 4.79 Å². The average Bonchev–Trinajstić information content (AvgIpc) is 3.67. The third kappa shape index (κ3) is 7.07. The monoisotopic (exact) mass is 595 g/mol. The summed E-state index contributed by atoms with van der Waals surface area (Å²) in [6.45, 7) is 10.9. The van der Waals surface area contributed by atoms with Crippen LogP contribution in [0.15, 0.2) is 18.3 Å². The van der Waals surface area contributed by atoms with E-state index in [1.807, 2.05) is 15.6 Å². The summed E-state index contributed by atoms with van der Waals surface area (Å²) in [6, 6.07) is 0.520. The Morgan fingerprint density at radius 3 is 2.56 bits per heavy atom. The van der Waals surface area contributed by atoms with E-state index in [9.17, 15) is 4.79 Å². The maximum Gasteiger partial charge on any atom is 0.410 e. The molecule has 2 aromatic heterocycles. The molecule has 1 amide bonds. The maximum absolute atomic E-state index is 13.2. The Bertz CT molecular complexity index is 1260. The number of aromatic nitrogens is 4. The number of nitrogens with zero attached hydrogens (tertiary/aromatic N) is 7. The van der Waals surface area contributed by atoms with Gasteiger partial charge in [0.05, 0.1) is 6.20 Å². The first kappa shape index (κ1) is 30.1. The number of piperidine rings is 1. The van der Waals surface area contributed by atoms with Crippen LogP contribution in [0, 0.1) is 11.8 Å². The van der Waals surface area contributed by atoms with Crippen molar-refractivity contribution >= 4 is 23.6 Å². The molecule has 2 N–H and O–H groups in total. The van der Waals surface area contributed by atoms with Crippen LogP contribution in [0.5, 0.6) is 0 Å². The van der Waals surface area contributed by atoms with Crippen LogP contribution in [0.1, 0.15) is 57.4 Å². The topological polar surface area (TPSA) is 112 Å². The third-order valence-corrected chi connectivity index (χ3v) is 9.46. The van der Waals surface area contributed by atoms with Gasteiger partial charge in [-0.1, -0.05) is 26.0 Å². The van der Waals surface area contributed by atoms with Crippen molar-refractivity contribution in [3.8, 4) is 0 Å². The molecule has 12 heteroatoms. The number of fused-ring (bicyclic) bond motifs is 3. The minimum Gasteiger partial charge on any atom is -0.445 e. The Morgan fingerprint density at radius 2 is 1.84 bits per heavy atom. The largest absolute Gasteiger partial charge is 0.445 e. The van der Waals surface area contributed by atoms with Crippen LogP contribution in [0.25, 0.3) is 5.65 Å². The van der Waals surface area contributed by atoms with E-state index in [4.69, 9.17) is 19.4 Å². The van der Waals surface area contributed by atoms with E-state index in [2.05, 4.69) is 65.6 Å². The number of amides is 1. The van der Waals surface area contributed by atoms with Crippen molar-refractivity contribution in [2.45, 2.75) is 70.1 Å². The number of nitrogens with one attached hydrogen (secondary N) is 2. The Hall–Kier alpha value is -2.96. The minimum absolute atomic E-state index is 0.0332. The maximum atomic E-state index is 13.2. The van der Waals surface area contributed by atoms with Crippen LogP contribution in [-0.2, 0) is 9.47 Å². The normalized spacial score (nSPS) is 26.8. The van der Waals surface area contributed by atoms with Gasteiger partial charge in [-0.2, -0.15) is 19.6 Å². The molecule has 3 atom stereocenters. The highest BCUT2D eigenvalue weighted by Crippen LogP contribution is 2.39. The number of rotatable bonds is 10. The van der Waals surface area contributed by atoms with Gasteiger partial charge in [0.1, 0.15) is 6.10 Å². The van der Waals surface area contributed by atoms with Crippen molar-refractivity contribution in [2.75, 3.05) is 77.2 Å². The zero-order valence-electron chi connectivity index (χ0n) is 26.2. The van der Waals surface area contributed by atoms with E-state index in [0.29, 0.717) is 42.8 Å². The molecule has 3 saturated heterocycles. The van der Waals surface area contributed by atoms with Gasteiger partial charge in [0.15, 0.2) is 5.65 Å². The van der Waals surface area contributed by atoms with Gasteiger partial charge in [0.2, 0.25) is 11.9 Å². The molecule has 2 aromatic rings. The van der Waals surface area contributed by atoms with Gasteiger partial charge >= 0.3 is 6.09 Å². The number of carbonyl (C=O) groups is 1. The number of likely N-dealkylation sites (N-methyl/N-ethyl adjacent to an activating group) is 1. The van der Waals surface area contributed by atoms with Crippen LogP contribution in [0.2, 0.25) is 0 Å². The van der Waals surface area contributed by atoms with Crippen LogP contribution in [0.3, 0.4) is 0 Å². The molecule has 12 nitrogen and oxygen atoms in total. The number of anilines is 2. The van der Waals surface area contributed by atoms with E-state index < -0.39 is 0 Å². The molecular weight excluding hydrogens is 546 g/mol. The van der Waals surface area contributed by atoms with E-state index in [1.54, 1.807) is 0 Å². The SMILES string of the molecule is CC(C)c1cnn2c(NC3C4CCC3CN(C(=O)OC3CCN(C/C=C/CN(C)C)C3)C4)nc(NC3CCOCC3)nc12.